The van der Waals surface area contributed by atoms with Crippen LogP contribution in [0.5, 0.6) is 5.75 Å². The number of halogens is 1. The Morgan fingerprint density at radius 3 is 2.82 bits per heavy atom. The van der Waals surface area contributed by atoms with E-state index in [0.29, 0.717) is 11.4 Å². The van der Waals surface area contributed by atoms with Gasteiger partial charge in [0.05, 0.1) is 23.5 Å². The Labute approximate surface area is 138 Å². The van der Waals surface area contributed by atoms with Gasteiger partial charge in [0.2, 0.25) is 0 Å². The van der Waals surface area contributed by atoms with Crippen LogP contribution < -0.4 is 10.5 Å². The summed E-state index contributed by atoms with van der Waals surface area (Å²) < 4.78 is 5.18. The summed E-state index contributed by atoms with van der Waals surface area (Å²) in [5, 5.41) is 3.84. The Morgan fingerprint density at radius 2 is 2.09 bits per heavy atom. The normalized spacial score (nSPS) is 10.6. The van der Waals surface area contributed by atoms with E-state index in [0.717, 1.165) is 33.3 Å². The molecule has 5 heteroatoms. The molecule has 3 nitrogen and oxygen atoms in total. The molecule has 2 N–H and O–H groups in total. The first kappa shape index (κ1) is 14.9. The number of nitrogens with two attached hydrogens (primary N) is 1. The second kappa shape index (κ2) is 6.38. The van der Waals surface area contributed by atoms with Crippen LogP contribution in [0.1, 0.15) is 10.6 Å². The minimum atomic E-state index is 0.615. The third-order valence-corrected chi connectivity index (χ3v) is 4.41. The first-order chi connectivity index (χ1) is 10.7. The number of thiazole rings is 1. The molecule has 3 rings (SSSR count). The number of methoxy groups -OCH3 is 1. The fourth-order valence-corrected chi connectivity index (χ4v) is 3.29. The monoisotopic (exact) mass is 330 g/mol. The van der Waals surface area contributed by atoms with Crippen molar-refractivity contribution in [2.75, 3.05) is 12.8 Å². The lowest BCUT2D eigenvalue weighted by Crippen LogP contribution is -1.93. The molecule has 0 unspecified atom stereocenters. The number of hydrogen-bond acceptors (Lipinski definition) is 4. The molecule has 0 atom stereocenters. The van der Waals surface area contributed by atoms with Crippen LogP contribution in [0.3, 0.4) is 0 Å². The molecule has 0 aliphatic rings. The highest BCUT2D eigenvalue weighted by Crippen LogP contribution is 2.29. The van der Waals surface area contributed by atoms with Crippen molar-refractivity contribution in [3.05, 3.63) is 63.4 Å². The minimum Gasteiger partial charge on any atom is -0.495 e. The maximum absolute atomic E-state index is 6.02. The van der Waals surface area contributed by atoms with E-state index in [9.17, 15) is 0 Å². The summed E-state index contributed by atoms with van der Waals surface area (Å²) in [7, 11) is 1.61. The SMILES string of the molecule is COc1ccc(-c2csc(Cc3cccc(Cl)c3)n2)cc1N. The summed E-state index contributed by atoms with van der Waals surface area (Å²) in [6, 6.07) is 13.6. The van der Waals surface area contributed by atoms with Gasteiger partial charge in [-0.15, -0.1) is 11.3 Å². The zero-order valence-corrected chi connectivity index (χ0v) is 13.6. The lowest BCUT2D eigenvalue weighted by molar-refractivity contribution is 0.417. The van der Waals surface area contributed by atoms with Crippen LogP contribution in [-0.4, -0.2) is 12.1 Å². The topological polar surface area (TPSA) is 48.1 Å². The lowest BCUT2D eigenvalue weighted by Gasteiger charge is -2.05. The summed E-state index contributed by atoms with van der Waals surface area (Å²) >= 11 is 7.65. The molecule has 0 aliphatic carbocycles. The maximum Gasteiger partial charge on any atom is 0.141 e. The fraction of sp³-hybridized carbons (Fsp3) is 0.118. The molecule has 22 heavy (non-hydrogen) atoms. The van der Waals surface area contributed by atoms with Crippen LogP contribution in [0.15, 0.2) is 47.8 Å². The van der Waals surface area contributed by atoms with E-state index in [4.69, 9.17) is 22.1 Å². The molecule has 0 spiro atoms. The highest BCUT2D eigenvalue weighted by molar-refractivity contribution is 7.10. The third-order valence-electron chi connectivity index (χ3n) is 3.32. The smallest absolute Gasteiger partial charge is 0.141 e. The van der Waals surface area contributed by atoms with E-state index < -0.39 is 0 Å². The van der Waals surface area contributed by atoms with Crippen LogP contribution in [0.4, 0.5) is 5.69 Å². The number of benzene rings is 2. The fourth-order valence-electron chi connectivity index (χ4n) is 2.24. The van der Waals surface area contributed by atoms with Gasteiger partial charge in [-0.3, -0.25) is 0 Å². The minimum absolute atomic E-state index is 0.615. The molecule has 0 amide bonds. The van der Waals surface area contributed by atoms with E-state index in [-0.39, 0.29) is 0 Å². The molecule has 0 fully saturated rings. The summed E-state index contributed by atoms with van der Waals surface area (Å²) in [5.41, 5.74) is 9.64. The predicted molar refractivity (Wildman–Crippen MR) is 92.8 cm³/mol. The quantitative estimate of drug-likeness (QED) is 0.708. The lowest BCUT2D eigenvalue weighted by atomic mass is 10.1. The number of ether oxygens (including phenoxy) is 1. The second-order valence-electron chi connectivity index (χ2n) is 4.89. The average Bonchev–Trinajstić information content (AvgIpc) is 2.95. The molecule has 0 bridgehead atoms. The first-order valence-corrected chi connectivity index (χ1v) is 8.04. The Bertz CT molecular complexity index is 801. The number of rotatable bonds is 4. The van der Waals surface area contributed by atoms with Gasteiger partial charge < -0.3 is 10.5 Å². The standard InChI is InChI=1S/C17H15ClN2OS/c1-21-16-6-5-12(9-14(16)19)15-10-22-17(20-15)8-11-3-2-4-13(18)7-11/h2-7,9-10H,8,19H2,1H3. The molecule has 3 aromatic rings. The van der Waals surface area contributed by atoms with Gasteiger partial charge in [0, 0.05) is 22.4 Å². The predicted octanol–water partition coefficient (Wildman–Crippen LogP) is 4.65. The van der Waals surface area contributed by atoms with Gasteiger partial charge >= 0.3 is 0 Å². The number of anilines is 1. The van der Waals surface area contributed by atoms with Crippen molar-refractivity contribution < 1.29 is 4.74 Å². The van der Waals surface area contributed by atoms with Crippen molar-refractivity contribution in [2.24, 2.45) is 0 Å². The number of nitrogens with zero attached hydrogens (tertiary/aromatic N) is 1. The van der Waals surface area contributed by atoms with Gasteiger partial charge in [0.15, 0.2) is 0 Å². The molecule has 112 valence electrons. The van der Waals surface area contributed by atoms with Gasteiger partial charge in [0.25, 0.3) is 0 Å². The molecular formula is C17H15ClN2OS. The van der Waals surface area contributed by atoms with Crippen LogP contribution in [0.2, 0.25) is 5.02 Å². The molecule has 1 heterocycles. The van der Waals surface area contributed by atoms with E-state index in [1.807, 2.05) is 41.8 Å². The molecule has 0 saturated heterocycles. The summed E-state index contributed by atoms with van der Waals surface area (Å²) in [4.78, 5) is 4.68. The summed E-state index contributed by atoms with van der Waals surface area (Å²) in [6.07, 6.45) is 0.775. The van der Waals surface area contributed by atoms with Crippen LogP contribution in [-0.2, 0) is 6.42 Å². The van der Waals surface area contributed by atoms with Gasteiger partial charge in [-0.05, 0) is 35.9 Å². The zero-order chi connectivity index (χ0) is 15.5. The summed E-state index contributed by atoms with van der Waals surface area (Å²) in [6.45, 7) is 0. The number of hydrogen-bond donors (Lipinski definition) is 1. The van der Waals surface area contributed by atoms with Crippen LogP contribution in [0.25, 0.3) is 11.3 Å². The van der Waals surface area contributed by atoms with Crippen molar-refractivity contribution in [2.45, 2.75) is 6.42 Å². The van der Waals surface area contributed by atoms with E-state index in [1.54, 1.807) is 18.4 Å². The highest BCUT2D eigenvalue weighted by Gasteiger charge is 2.08. The maximum atomic E-state index is 6.02. The van der Waals surface area contributed by atoms with Crippen molar-refractivity contribution in [1.29, 1.82) is 0 Å². The Morgan fingerprint density at radius 1 is 1.23 bits per heavy atom. The molecular weight excluding hydrogens is 316 g/mol. The van der Waals surface area contributed by atoms with Gasteiger partial charge in [-0.25, -0.2) is 4.98 Å². The van der Waals surface area contributed by atoms with Crippen molar-refractivity contribution in [3.63, 3.8) is 0 Å². The molecule has 1 aromatic heterocycles. The van der Waals surface area contributed by atoms with Crippen LogP contribution >= 0.6 is 22.9 Å². The van der Waals surface area contributed by atoms with Crippen LogP contribution in [0, 0.1) is 0 Å². The number of aromatic nitrogens is 1. The molecule has 0 radical (unpaired) electrons. The first-order valence-electron chi connectivity index (χ1n) is 6.78. The average molecular weight is 331 g/mol. The zero-order valence-electron chi connectivity index (χ0n) is 12.0. The van der Waals surface area contributed by atoms with Gasteiger partial charge in [0.1, 0.15) is 5.75 Å². The van der Waals surface area contributed by atoms with Crippen molar-refractivity contribution in [1.82, 2.24) is 4.98 Å². The molecule has 0 saturated carbocycles. The third kappa shape index (κ3) is 3.24. The molecule has 2 aromatic carbocycles. The van der Waals surface area contributed by atoms with Gasteiger partial charge in [-0.1, -0.05) is 23.7 Å². The van der Waals surface area contributed by atoms with E-state index in [1.165, 1.54) is 0 Å². The molecule has 0 aliphatic heterocycles. The second-order valence-corrected chi connectivity index (χ2v) is 6.27. The van der Waals surface area contributed by atoms with Crippen molar-refractivity contribution >= 4 is 28.6 Å². The van der Waals surface area contributed by atoms with Gasteiger partial charge in [-0.2, -0.15) is 0 Å². The van der Waals surface area contributed by atoms with E-state index in [2.05, 4.69) is 11.1 Å². The Balaban J connectivity index is 1.83. The summed E-state index contributed by atoms with van der Waals surface area (Å²) in [5.74, 6) is 0.679. The van der Waals surface area contributed by atoms with E-state index >= 15 is 0 Å². The highest BCUT2D eigenvalue weighted by atomic mass is 35.5. The Kier molecular flexibility index (Phi) is 4.32. The Hall–Kier alpha value is -2.04. The number of nitrogen functional groups attached to an aromatic ring is 1. The largest absolute Gasteiger partial charge is 0.495 e. The van der Waals surface area contributed by atoms with Crippen molar-refractivity contribution in [3.8, 4) is 17.0 Å².